The number of carboxylic acids is 1. The molecule has 2 saturated heterocycles. The second kappa shape index (κ2) is 8.98. The fourth-order valence-corrected chi connectivity index (χ4v) is 3.36. The highest BCUT2D eigenvalue weighted by Gasteiger charge is 2.38. The maximum absolute atomic E-state index is 14.7. The molecule has 174 valence electrons. The van der Waals surface area contributed by atoms with Crippen LogP contribution in [-0.2, 0) is 16.6 Å². The van der Waals surface area contributed by atoms with Crippen molar-refractivity contribution < 1.29 is 37.1 Å². The van der Waals surface area contributed by atoms with Gasteiger partial charge in [0.2, 0.25) is 5.91 Å². The van der Waals surface area contributed by atoms with Crippen molar-refractivity contribution in [1.82, 2.24) is 20.4 Å². The molecule has 0 atom stereocenters. The number of imide groups is 1. The van der Waals surface area contributed by atoms with Gasteiger partial charge in [-0.25, -0.2) is 14.0 Å². The van der Waals surface area contributed by atoms with Crippen LogP contribution in [0.1, 0.15) is 6.42 Å². The van der Waals surface area contributed by atoms with Crippen molar-refractivity contribution in [3.8, 4) is 0 Å². The Bertz CT molecular complexity index is 1050. The van der Waals surface area contributed by atoms with E-state index in [2.05, 4.69) is 15.7 Å². The fraction of sp³-hybridized carbons (Fsp3) is 0.444. The molecule has 0 spiro atoms. The number of benzene rings is 1. The molecule has 1 aromatic heterocycles. The quantitative estimate of drug-likeness (QED) is 0.576. The van der Waals surface area contributed by atoms with Gasteiger partial charge in [0.15, 0.2) is 5.82 Å². The van der Waals surface area contributed by atoms with Crippen molar-refractivity contribution in [1.29, 1.82) is 0 Å². The van der Waals surface area contributed by atoms with E-state index in [0.29, 0.717) is 16.9 Å². The summed E-state index contributed by atoms with van der Waals surface area (Å²) in [4.78, 5) is 35.7. The summed E-state index contributed by atoms with van der Waals surface area (Å²) in [5.74, 6) is -3.04. The number of urea groups is 1. The van der Waals surface area contributed by atoms with E-state index in [1.165, 1.54) is 11.0 Å². The average molecular weight is 460 g/mol. The van der Waals surface area contributed by atoms with Gasteiger partial charge >= 0.3 is 18.2 Å². The number of fused-ring (bicyclic) bond motifs is 1. The molecule has 0 bridgehead atoms. The Morgan fingerprint density at radius 1 is 1.16 bits per heavy atom. The molecule has 0 radical (unpaired) electrons. The van der Waals surface area contributed by atoms with Crippen LogP contribution in [0.4, 0.5) is 33.9 Å². The first kappa shape index (κ1) is 23.2. The number of nitrogens with zero attached hydrogens (tertiary/aromatic N) is 4. The van der Waals surface area contributed by atoms with Crippen molar-refractivity contribution in [2.24, 2.45) is 7.05 Å². The Kier molecular flexibility index (Phi) is 6.52. The van der Waals surface area contributed by atoms with Crippen molar-refractivity contribution in [3.05, 3.63) is 17.9 Å². The third-order valence-corrected chi connectivity index (χ3v) is 4.91. The van der Waals surface area contributed by atoms with Crippen LogP contribution in [0.5, 0.6) is 0 Å². The fourth-order valence-electron chi connectivity index (χ4n) is 3.36. The molecule has 2 aromatic rings. The summed E-state index contributed by atoms with van der Waals surface area (Å²) in [5, 5.41) is 17.6. The maximum atomic E-state index is 14.7. The molecule has 4 rings (SSSR count). The summed E-state index contributed by atoms with van der Waals surface area (Å²) in [5.41, 5.74) is 1.29. The highest BCUT2D eigenvalue weighted by molar-refractivity contribution is 6.09. The molecular formula is C18H20F4N6O4. The number of aromatic nitrogens is 2. The molecule has 2 aliphatic rings. The van der Waals surface area contributed by atoms with E-state index in [1.54, 1.807) is 17.8 Å². The van der Waals surface area contributed by atoms with E-state index in [9.17, 15) is 27.2 Å². The Morgan fingerprint density at radius 3 is 2.34 bits per heavy atom. The van der Waals surface area contributed by atoms with Crippen LogP contribution < -0.4 is 20.4 Å². The zero-order valence-electron chi connectivity index (χ0n) is 16.9. The van der Waals surface area contributed by atoms with Crippen LogP contribution >= 0.6 is 0 Å². The number of amides is 3. The lowest BCUT2D eigenvalue weighted by Crippen LogP contribution is -2.49. The number of hydrogen-bond donors (Lipinski definition) is 3. The second-order valence-electron chi connectivity index (χ2n) is 7.06. The molecule has 10 nitrogen and oxygen atoms in total. The lowest BCUT2D eigenvalue weighted by Gasteiger charge is -2.29. The normalized spacial score (nSPS) is 17.2. The third-order valence-electron chi connectivity index (χ3n) is 4.91. The van der Waals surface area contributed by atoms with E-state index in [1.807, 2.05) is 4.90 Å². The number of piperazine rings is 1. The Hall–Kier alpha value is -3.42. The minimum absolute atomic E-state index is 0.200. The van der Waals surface area contributed by atoms with E-state index < -0.39 is 18.2 Å². The first-order valence-corrected chi connectivity index (χ1v) is 9.52. The molecule has 32 heavy (non-hydrogen) atoms. The van der Waals surface area contributed by atoms with Gasteiger partial charge in [0.1, 0.15) is 5.82 Å². The molecule has 1 aromatic carbocycles. The number of carbonyl (C=O) groups excluding carboxylic acids is 2. The monoisotopic (exact) mass is 460 g/mol. The molecule has 3 heterocycles. The molecule has 3 N–H and O–H groups in total. The molecule has 2 aliphatic heterocycles. The Labute approximate surface area is 178 Å². The zero-order valence-corrected chi connectivity index (χ0v) is 16.9. The number of anilines is 2. The zero-order chi connectivity index (χ0) is 23.6. The number of carboxylic acid groups (broad SMARTS) is 1. The van der Waals surface area contributed by atoms with E-state index in [0.717, 1.165) is 31.7 Å². The first-order valence-electron chi connectivity index (χ1n) is 9.52. The molecular weight excluding hydrogens is 440 g/mol. The number of nitrogens with one attached hydrogen (secondary N) is 2. The molecule has 2 fully saturated rings. The number of carbonyl (C=O) groups is 3. The lowest BCUT2D eigenvalue weighted by molar-refractivity contribution is -0.192. The minimum Gasteiger partial charge on any atom is -0.475 e. The Balaban J connectivity index is 0.000000360. The van der Waals surface area contributed by atoms with Crippen molar-refractivity contribution >= 4 is 40.3 Å². The number of aliphatic carboxylic acids is 1. The van der Waals surface area contributed by atoms with Gasteiger partial charge in [0, 0.05) is 51.6 Å². The number of aryl methyl sites for hydroxylation is 1. The first-order chi connectivity index (χ1) is 15.0. The van der Waals surface area contributed by atoms with Crippen molar-refractivity contribution in [2.45, 2.75) is 12.6 Å². The van der Waals surface area contributed by atoms with Gasteiger partial charge in [0.25, 0.3) is 0 Å². The minimum atomic E-state index is -5.08. The van der Waals surface area contributed by atoms with Crippen molar-refractivity contribution in [2.75, 3.05) is 42.5 Å². The smallest absolute Gasteiger partial charge is 0.475 e. The average Bonchev–Trinajstić information content (AvgIpc) is 3.03. The second-order valence-corrected chi connectivity index (χ2v) is 7.06. The summed E-state index contributed by atoms with van der Waals surface area (Å²) in [6.07, 6.45) is -4.88. The van der Waals surface area contributed by atoms with Crippen LogP contribution in [0.25, 0.3) is 10.9 Å². The van der Waals surface area contributed by atoms with Crippen LogP contribution in [0, 0.1) is 5.82 Å². The van der Waals surface area contributed by atoms with Gasteiger partial charge < -0.3 is 15.3 Å². The van der Waals surface area contributed by atoms with E-state index in [4.69, 9.17) is 9.90 Å². The predicted molar refractivity (Wildman–Crippen MR) is 105 cm³/mol. The molecule has 0 aliphatic carbocycles. The van der Waals surface area contributed by atoms with Gasteiger partial charge in [-0.15, -0.1) is 0 Å². The van der Waals surface area contributed by atoms with Crippen LogP contribution in [-0.4, -0.2) is 71.7 Å². The standard InChI is InChI=1S/C16H19FN6O2.C2HF3O2/c1-21-12-9-13(22-6-3-18-4-7-22)11(17)8-10(12)15(20-21)23-5-2-14(24)19-16(23)25;3-2(4,5)1(6)7/h8-9,18H,2-7H2,1H3,(H,19,24,25);(H,6,7). The number of halogens is 4. The van der Waals surface area contributed by atoms with E-state index >= 15 is 0 Å². The van der Waals surface area contributed by atoms with E-state index in [-0.39, 0.29) is 24.7 Å². The molecule has 0 unspecified atom stereocenters. The largest absolute Gasteiger partial charge is 0.490 e. The summed E-state index contributed by atoms with van der Waals surface area (Å²) in [6.45, 7) is 3.34. The van der Waals surface area contributed by atoms with Gasteiger partial charge in [-0.3, -0.25) is 19.7 Å². The molecule has 3 amide bonds. The number of alkyl halides is 3. The summed E-state index contributed by atoms with van der Waals surface area (Å²) >= 11 is 0. The van der Waals surface area contributed by atoms with Crippen LogP contribution in [0.2, 0.25) is 0 Å². The van der Waals surface area contributed by atoms with Gasteiger partial charge in [-0.2, -0.15) is 18.3 Å². The topological polar surface area (TPSA) is 120 Å². The van der Waals surface area contributed by atoms with Crippen molar-refractivity contribution in [3.63, 3.8) is 0 Å². The molecule has 14 heteroatoms. The third kappa shape index (κ3) is 4.90. The maximum Gasteiger partial charge on any atom is 0.490 e. The lowest BCUT2D eigenvalue weighted by atomic mass is 10.1. The SMILES string of the molecule is Cn1nc(N2CCC(=O)NC2=O)c2cc(F)c(N3CCNCC3)cc21.O=C(O)C(F)(F)F. The van der Waals surface area contributed by atoms with Gasteiger partial charge in [-0.05, 0) is 12.1 Å². The Morgan fingerprint density at radius 2 is 1.78 bits per heavy atom. The number of rotatable bonds is 2. The van der Waals surface area contributed by atoms with Crippen LogP contribution in [0.3, 0.4) is 0 Å². The summed E-state index contributed by atoms with van der Waals surface area (Å²) < 4.78 is 48.1. The molecule has 0 saturated carbocycles. The van der Waals surface area contributed by atoms with Gasteiger partial charge in [0.05, 0.1) is 11.2 Å². The highest BCUT2D eigenvalue weighted by Crippen LogP contribution is 2.32. The van der Waals surface area contributed by atoms with Gasteiger partial charge in [-0.1, -0.05) is 0 Å². The van der Waals surface area contributed by atoms with Crippen LogP contribution in [0.15, 0.2) is 12.1 Å². The highest BCUT2D eigenvalue weighted by atomic mass is 19.4. The number of hydrogen-bond acceptors (Lipinski definition) is 6. The summed E-state index contributed by atoms with van der Waals surface area (Å²) in [7, 11) is 1.76. The summed E-state index contributed by atoms with van der Waals surface area (Å²) in [6, 6.07) is 2.68. The predicted octanol–water partition coefficient (Wildman–Crippen LogP) is 1.20.